The molecule has 2 atom stereocenters. The van der Waals surface area contributed by atoms with Gasteiger partial charge in [0.1, 0.15) is 11.5 Å². The van der Waals surface area contributed by atoms with Crippen molar-refractivity contribution in [3.05, 3.63) is 66.0 Å². The molecule has 0 bridgehead atoms. The quantitative estimate of drug-likeness (QED) is 0.427. The second-order valence-corrected chi connectivity index (χ2v) is 6.65. The highest BCUT2D eigenvalue weighted by molar-refractivity contribution is 5.31. The topological polar surface area (TPSA) is 64.5 Å². The first-order valence-electron chi connectivity index (χ1n) is 9.03. The van der Waals surface area contributed by atoms with Gasteiger partial charge in [-0.3, -0.25) is 0 Å². The lowest BCUT2D eigenvalue weighted by Crippen LogP contribution is -2.50. The third-order valence-corrected chi connectivity index (χ3v) is 4.77. The summed E-state index contributed by atoms with van der Waals surface area (Å²) in [4.78, 5) is 0. The van der Waals surface area contributed by atoms with Crippen molar-refractivity contribution in [2.75, 3.05) is 6.54 Å². The summed E-state index contributed by atoms with van der Waals surface area (Å²) in [6, 6.07) is 8.19. The zero-order valence-electron chi connectivity index (χ0n) is 15.0. The Bertz CT molecular complexity index is 622. The predicted octanol–water partition coefficient (Wildman–Crippen LogP) is 3.96. The van der Waals surface area contributed by atoms with Gasteiger partial charge in [-0.05, 0) is 37.5 Å². The van der Waals surface area contributed by atoms with Crippen molar-refractivity contribution in [3.8, 4) is 5.75 Å². The van der Waals surface area contributed by atoms with Gasteiger partial charge >= 0.3 is 0 Å². The normalized spacial score (nSPS) is 22.0. The molecule has 0 saturated heterocycles. The van der Waals surface area contributed by atoms with Crippen LogP contribution in [0, 0.1) is 0 Å². The van der Waals surface area contributed by atoms with Crippen molar-refractivity contribution < 1.29 is 10.2 Å². The summed E-state index contributed by atoms with van der Waals surface area (Å²) >= 11 is 0. The highest BCUT2D eigenvalue weighted by Gasteiger charge is 2.24. The summed E-state index contributed by atoms with van der Waals surface area (Å²) in [5, 5.41) is 27.1. The van der Waals surface area contributed by atoms with Crippen LogP contribution >= 0.6 is 0 Å². The van der Waals surface area contributed by atoms with E-state index >= 15 is 0 Å². The van der Waals surface area contributed by atoms with E-state index in [9.17, 15) is 10.2 Å². The van der Waals surface area contributed by atoms with Crippen LogP contribution in [0.5, 0.6) is 5.75 Å². The number of allylic oxidation sites excluding steroid dienone is 3. The van der Waals surface area contributed by atoms with Gasteiger partial charge in [0.15, 0.2) is 0 Å². The number of hydrogen-bond acceptors (Lipinski definition) is 4. The van der Waals surface area contributed by atoms with Crippen LogP contribution in [-0.4, -0.2) is 28.8 Å². The molecule has 0 aromatic heterocycles. The molecule has 1 aliphatic carbocycles. The van der Waals surface area contributed by atoms with E-state index < -0.39 is 0 Å². The minimum atomic E-state index is 0.293. The second kappa shape index (κ2) is 10.1. The standard InChI is InChI=1S/C21H30N2O2/c1-3-4-12-20(24)16(2)14-22-18-10-6-7-11-19(18)23-15-17-9-5-8-13-21(17)25/h3-5,8-9,12-13,18-19,22-25H,1,6-7,10-11,14-15H2,2H3/b12-4-,20-16-/t18-,19-/m1/s1. The predicted molar refractivity (Wildman–Crippen MR) is 104 cm³/mol. The van der Waals surface area contributed by atoms with Gasteiger partial charge in [-0.25, -0.2) is 0 Å². The van der Waals surface area contributed by atoms with Crippen LogP contribution in [0.4, 0.5) is 0 Å². The molecule has 0 unspecified atom stereocenters. The summed E-state index contributed by atoms with van der Waals surface area (Å²) in [5.74, 6) is 0.634. The van der Waals surface area contributed by atoms with Crippen molar-refractivity contribution in [1.82, 2.24) is 10.6 Å². The van der Waals surface area contributed by atoms with Crippen molar-refractivity contribution >= 4 is 0 Å². The van der Waals surface area contributed by atoms with E-state index in [0.717, 1.165) is 24.0 Å². The maximum absolute atomic E-state index is 9.99. The largest absolute Gasteiger partial charge is 0.508 e. The highest BCUT2D eigenvalue weighted by Crippen LogP contribution is 2.21. The van der Waals surface area contributed by atoms with Gasteiger partial charge in [0.25, 0.3) is 0 Å². The number of nitrogens with one attached hydrogen (secondary N) is 2. The SMILES string of the molecule is C=C/C=C\C(O)=C(/C)CN[C@@H]1CCCC[C@H]1NCc1ccccc1O. The average Bonchev–Trinajstić information content (AvgIpc) is 2.64. The number of benzene rings is 1. The Labute approximate surface area is 151 Å². The summed E-state index contributed by atoms with van der Waals surface area (Å²) in [7, 11) is 0. The molecule has 1 aromatic carbocycles. The van der Waals surface area contributed by atoms with Crippen LogP contribution < -0.4 is 10.6 Å². The fourth-order valence-electron chi connectivity index (χ4n) is 3.20. The molecule has 2 rings (SSSR count). The Morgan fingerprint density at radius 1 is 1.20 bits per heavy atom. The fourth-order valence-corrected chi connectivity index (χ4v) is 3.20. The lowest BCUT2D eigenvalue weighted by molar-refractivity contribution is 0.285. The minimum Gasteiger partial charge on any atom is -0.508 e. The van der Waals surface area contributed by atoms with Crippen LogP contribution in [0.3, 0.4) is 0 Å². The van der Waals surface area contributed by atoms with E-state index in [4.69, 9.17) is 0 Å². The van der Waals surface area contributed by atoms with Crippen molar-refractivity contribution in [2.24, 2.45) is 0 Å². The smallest absolute Gasteiger partial charge is 0.120 e. The highest BCUT2D eigenvalue weighted by atomic mass is 16.3. The number of rotatable bonds is 8. The zero-order valence-corrected chi connectivity index (χ0v) is 15.0. The first-order chi connectivity index (χ1) is 12.1. The fraction of sp³-hybridized carbons (Fsp3) is 0.429. The first kappa shape index (κ1) is 19.3. The van der Waals surface area contributed by atoms with Gasteiger partial charge in [-0.1, -0.05) is 49.8 Å². The maximum Gasteiger partial charge on any atom is 0.120 e. The molecule has 1 fully saturated rings. The number of phenols is 1. The molecule has 136 valence electrons. The lowest BCUT2D eigenvalue weighted by atomic mass is 9.90. The number of phenolic OH excluding ortho intramolecular Hbond substituents is 1. The number of aliphatic hydroxyl groups is 1. The van der Waals surface area contributed by atoms with Crippen LogP contribution in [-0.2, 0) is 6.54 Å². The van der Waals surface area contributed by atoms with E-state index in [2.05, 4.69) is 17.2 Å². The van der Waals surface area contributed by atoms with Gasteiger partial charge in [-0.15, -0.1) is 0 Å². The van der Waals surface area contributed by atoms with Crippen LogP contribution in [0.2, 0.25) is 0 Å². The van der Waals surface area contributed by atoms with Crippen molar-refractivity contribution in [3.63, 3.8) is 0 Å². The molecular formula is C21H30N2O2. The molecule has 4 heteroatoms. The van der Waals surface area contributed by atoms with Crippen molar-refractivity contribution in [2.45, 2.75) is 51.2 Å². The summed E-state index contributed by atoms with van der Waals surface area (Å²) in [5.41, 5.74) is 1.85. The van der Waals surface area contributed by atoms with Gasteiger partial charge in [0.2, 0.25) is 0 Å². The third kappa shape index (κ3) is 6.07. The molecule has 0 amide bonds. The number of para-hydroxylation sites is 1. The zero-order chi connectivity index (χ0) is 18.1. The number of hydrogen-bond donors (Lipinski definition) is 4. The van der Waals surface area contributed by atoms with Crippen LogP contribution in [0.1, 0.15) is 38.2 Å². The Morgan fingerprint density at radius 3 is 2.56 bits per heavy atom. The van der Waals surface area contributed by atoms with E-state index in [1.54, 1.807) is 24.3 Å². The summed E-state index contributed by atoms with van der Waals surface area (Å²) in [6.45, 7) is 6.87. The third-order valence-electron chi connectivity index (χ3n) is 4.77. The molecule has 1 aromatic rings. The molecule has 0 heterocycles. The molecule has 4 nitrogen and oxygen atoms in total. The van der Waals surface area contributed by atoms with E-state index in [-0.39, 0.29) is 0 Å². The molecule has 0 aliphatic heterocycles. The Hall–Kier alpha value is -2.04. The summed E-state index contributed by atoms with van der Waals surface area (Å²) in [6.07, 6.45) is 9.73. The monoisotopic (exact) mass is 342 g/mol. The van der Waals surface area contributed by atoms with Gasteiger partial charge in [-0.2, -0.15) is 0 Å². The molecule has 1 aliphatic rings. The first-order valence-corrected chi connectivity index (χ1v) is 9.03. The molecule has 25 heavy (non-hydrogen) atoms. The molecular weight excluding hydrogens is 312 g/mol. The number of aliphatic hydroxyl groups excluding tert-OH is 1. The van der Waals surface area contributed by atoms with Gasteiger partial charge in [0, 0.05) is 30.7 Å². The average molecular weight is 342 g/mol. The van der Waals surface area contributed by atoms with E-state index in [0.29, 0.717) is 36.7 Å². The molecule has 0 spiro atoms. The lowest BCUT2D eigenvalue weighted by Gasteiger charge is -2.33. The molecule has 1 saturated carbocycles. The second-order valence-electron chi connectivity index (χ2n) is 6.65. The number of aromatic hydroxyl groups is 1. The van der Waals surface area contributed by atoms with Crippen LogP contribution in [0.25, 0.3) is 0 Å². The van der Waals surface area contributed by atoms with E-state index in [1.807, 2.05) is 25.1 Å². The molecule has 0 radical (unpaired) electrons. The Balaban J connectivity index is 1.90. The minimum absolute atomic E-state index is 0.293. The van der Waals surface area contributed by atoms with E-state index in [1.165, 1.54) is 12.8 Å². The van der Waals surface area contributed by atoms with Crippen molar-refractivity contribution in [1.29, 1.82) is 0 Å². The Kier molecular flexibility index (Phi) is 7.76. The maximum atomic E-state index is 9.99. The van der Waals surface area contributed by atoms with Crippen LogP contribution in [0.15, 0.2) is 60.4 Å². The summed E-state index contributed by atoms with van der Waals surface area (Å²) < 4.78 is 0. The van der Waals surface area contributed by atoms with Gasteiger partial charge < -0.3 is 20.8 Å². The van der Waals surface area contributed by atoms with Gasteiger partial charge in [0.05, 0.1) is 0 Å². The Morgan fingerprint density at radius 2 is 1.88 bits per heavy atom. The molecule has 4 N–H and O–H groups in total.